The number of amides is 2. The van der Waals surface area contributed by atoms with Gasteiger partial charge in [0.05, 0.1) is 15.8 Å². The number of nitrogens with two attached hydrogens (primary N) is 1. The van der Waals surface area contributed by atoms with Crippen molar-refractivity contribution in [3.05, 3.63) is 52.5 Å². The molecule has 0 saturated heterocycles. The Bertz CT molecular complexity index is 886. The van der Waals surface area contributed by atoms with Crippen LogP contribution < -0.4 is 16.4 Å². The minimum atomic E-state index is -0.528. The molecule has 0 aliphatic rings. The highest BCUT2D eigenvalue weighted by Gasteiger charge is 2.14. The van der Waals surface area contributed by atoms with Crippen LogP contribution in [0.5, 0.6) is 5.75 Å². The van der Waals surface area contributed by atoms with Crippen LogP contribution in [0.2, 0.25) is 0 Å². The second kappa shape index (κ2) is 10.3. The van der Waals surface area contributed by atoms with Gasteiger partial charge in [0, 0.05) is 19.4 Å². The molecule has 148 valence electrons. The maximum absolute atomic E-state index is 12.1. The summed E-state index contributed by atoms with van der Waals surface area (Å²) in [6.45, 7) is 0.245. The van der Waals surface area contributed by atoms with E-state index in [1.807, 2.05) is 0 Å². The molecule has 28 heavy (non-hydrogen) atoms. The molecule has 9 heteroatoms. The van der Waals surface area contributed by atoms with E-state index in [1.54, 1.807) is 36.4 Å². The van der Waals surface area contributed by atoms with Crippen molar-refractivity contribution in [2.24, 2.45) is 5.16 Å². The molecule has 6 N–H and O–H groups in total. The number of nitrogens with one attached hydrogen (secondary N) is 2. The topological polar surface area (TPSA) is 137 Å². The first-order valence-corrected chi connectivity index (χ1v) is 9.31. The Morgan fingerprint density at radius 1 is 1.18 bits per heavy atom. The van der Waals surface area contributed by atoms with Gasteiger partial charge in [-0.15, -0.1) is 0 Å². The van der Waals surface area contributed by atoms with Gasteiger partial charge in [0.25, 0.3) is 5.91 Å². The molecule has 0 aliphatic heterocycles. The Hall–Kier alpha value is -3.07. The number of nitrogen functional groups attached to an aromatic ring is 1. The van der Waals surface area contributed by atoms with E-state index in [4.69, 9.17) is 10.9 Å². The lowest BCUT2D eigenvalue weighted by Crippen LogP contribution is -2.33. The molecule has 0 saturated carbocycles. The number of anilines is 2. The number of nitrogens with zero attached hydrogens (tertiary/aromatic N) is 1. The van der Waals surface area contributed by atoms with Gasteiger partial charge in [-0.1, -0.05) is 23.4 Å². The molecule has 0 aliphatic carbocycles. The number of aromatic hydroxyl groups is 1. The average molecular weight is 449 g/mol. The molecule has 0 heterocycles. The van der Waals surface area contributed by atoms with Crippen molar-refractivity contribution >= 4 is 44.8 Å². The van der Waals surface area contributed by atoms with E-state index in [-0.39, 0.29) is 36.8 Å². The highest BCUT2D eigenvalue weighted by Crippen LogP contribution is 2.24. The predicted octanol–water partition coefficient (Wildman–Crippen LogP) is 2.64. The summed E-state index contributed by atoms with van der Waals surface area (Å²) in [5.74, 6) is -0.664. The summed E-state index contributed by atoms with van der Waals surface area (Å²) in [4.78, 5) is 24.1. The van der Waals surface area contributed by atoms with E-state index in [1.165, 1.54) is 6.07 Å². The SMILES string of the molecule is Nc1ccccc1NC(=O)CCCNC(=O)/C(Cc1ccc(O)c(Br)c1)=N/O. The lowest BCUT2D eigenvalue weighted by atomic mass is 10.1. The number of phenolic OH excluding ortho intramolecular Hbond substituents is 1. The zero-order valence-corrected chi connectivity index (χ0v) is 16.6. The van der Waals surface area contributed by atoms with Crippen molar-refractivity contribution < 1.29 is 19.9 Å². The highest BCUT2D eigenvalue weighted by molar-refractivity contribution is 9.10. The summed E-state index contributed by atoms with van der Waals surface area (Å²) in [5.41, 5.74) is 7.41. The molecule has 0 bridgehead atoms. The van der Waals surface area contributed by atoms with Crippen molar-refractivity contribution in [2.75, 3.05) is 17.6 Å². The predicted molar refractivity (Wildman–Crippen MR) is 110 cm³/mol. The summed E-state index contributed by atoms with van der Waals surface area (Å²) < 4.78 is 0.479. The molecular formula is C19H21BrN4O4. The molecule has 0 atom stereocenters. The number of carbonyl (C=O) groups excluding carboxylic acids is 2. The van der Waals surface area contributed by atoms with E-state index < -0.39 is 5.91 Å². The Kier molecular flexibility index (Phi) is 7.82. The molecule has 2 aromatic carbocycles. The summed E-state index contributed by atoms with van der Waals surface area (Å²) in [6, 6.07) is 11.7. The number of hydrogen-bond acceptors (Lipinski definition) is 6. The molecule has 0 spiro atoms. The van der Waals surface area contributed by atoms with Crippen LogP contribution in [-0.4, -0.2) is 34.4 Å². The molecule has 8 nitrogen and oxygen atoms in total. The van der Waals surface area contributed by atoms with Gasteiger partial charge in [0.15, 0.2) is 0 Å². The van der Waals surface area contributed by atoms with Crippen molar-refractivity contribution in [3.63, 3.8) is 0 Å². The van der Waals surface area contributed by atoms with Crippen molar-refractivity contribution in [2.45, 2.75) is 19.3 Å². The van der Waals surface area contributed by atoms with Gasteiger partial charge in [-0.05, 0) is 52.2 Å². The summed E-state index contributed by atoms with van der Waals surface area (Å²) in [7, 11) is 0. The number of halogens is 1. The summed E-state index contributed by atoms with van der Waals surface area (Å²) in [5, 5.41) is 27.0. The van der Waals surface area contributed by atoms with E-state index >= 15 is 0 Å². The largest absolute Gasteiger partial charge is 0.507 e. The zero-order valence-electron chi connectivity index (χ0n) is 15.0. The summed E-state index contributed by atoms with van der Waals surface area (Å²) in [6.07, 6.45) is 0.702. The Morgan fingerprint density at radius 2 is 1.93 bits per heavy atom. The average Bonchev–Trinajstić information content (AvgIpc) is 2.67. The third-order valence-electron chi connectivity index (χ3n) is 3.87. The maximum Gasteiger partial charge on any atom is 0.269 e. The standard InChI is InChI=1S/C19H21BrN4O4/c20-13-10-12(7-8-17(13)25)11-16(24-28)19(27)22-9-3-6-18(26)23-15-5-2-1-4-14(15)21/h1-2,4-5,7-8,10,25,28H,3,6,9,11,21H2,(H,22,27)(H,23,26)/b24-16+. The summed E-state index contributed by atoms with van der Waals surface area (Å²) >= 11 is 3.19. The Labute approximate surface area is 170 Å². The fraction of sp³-hybridized carbons (Fsp3) is 0.211. The molecule has 2 rings (SSSR count). The number of phenols is 1. The Balaban J connectivity index is 1.76. The fourth-order valence-electron chi connectivity index (χ4n) is 2.39. The normalized spacial score (nSPS) is 11.1. The number of benzene rings is 2. The lowest BCUT2D eigenvalue weighted by molar-refractivity contribution is -0.117. The van der Waals surface area contributed by atoms with E-state index in [9.17, 15) is 14.7 Å². The van der Waals surface area contributed by atoms with E-state index in [2.05, 4.69) is 31.7 Å². The van der Waals surface area contributed by atoms with Crippen molar-refractivity contribution in [1.29, 1.82) is 0 Å². The number of hydrogen-bond donors (Lipinski definition) is 5. The third kappa shape index (κ3) is 6.27. The van der Waals surface area contributed by atoms with Crippen LogP contribution in [0.3, 0.4) is 0 Å². The van der Waals surface area contributed by atoms with Gasteiger partial charge in [-0.25, -0.2) is 0 Å². The van der Waals surface area contributed by atoms with Crippen LogP contribution in [0.4, 0.5) is 11.4 Å². The maximum atomic E-state index is 12.1. The van der Waals surface area contributed by atoms with Crippen LogP contribution >= 0.6 is 15.9 Å². The van der Waals surface area contributed by atoms with Gasteiger partial charge >= 0.3 is 0 Å². The van der Waals surface area contributed by atoms with Crippen molar-refractivity contribution in [1.82, 2.24) is 5.32 Å². The number of rotatable bonds is 8. The molecule has 2 aromatic rings. The van der Waals surface area contributed by atoms with Gasteiger partial charge < -0.3 is 26.7 Å². The van der Waals surface area contributed by atoms with Gasteiger partial charge in [-0.2, -0.15) is 0 Å². The lowest BCUT2D eigenvalue weighted by Gasteiger charge is -2.09. The van der Waals surface area contributed by atoms with E-state index in [0.717, 1.165) is 0 Å². The van der Waals surface area contributed by atoms with Crippen LogP contribution in [0.25, 0.3) is 0 Å². The quantitative estimate of drug-likeness (QED) is 0.139. The van der Waals surface area contributed by atoms with Crippen LogP contribution in [0, 0.1) is 0 Å². The monoisotopic (exact) mass is 448 g/mol. The smallest absolute Gasteiger partial charge is 0.269 e. The fourth-order valence-corrected chi connectivity index (χ4v) is 2.82. The van der Waals surface area contributed by atoms with Crippen LogP contribution in [-0.2, 0) is 16.0 Å². The minimum Gasteiger partial charge on any atom is -0.507 e. The minimum absolute atomic E-state index is 0.0703. The number of oxime groups is 1. The second-order valence-corrected chi connectivity index (χ2v) is 6.86. The van der Waals surface area contributed by atoms with Gasteiger partial charge in [0.2, 0.25) is 5.91 Å². The van der Waals surface area contributed by atoms with Crippen LogP contribution in [0.15, 0.2) is 52.1 Å². The van der Waals surface area contributed by atoms with Gasteiger partial charge in [0.1, 0.15) is 11.5 Å². The number of carbonyl (C=O) groups is 2. The number of para-hydroxylation sites is 2. The Morgan fingerprint density at radius 3 is 2.61 bits per heavy atom. The zero-order chi connectivity index (χ0) is 20.5. The van der Waals surface area contributed by atoms with Crippen molar-refractivity contribution in [3.8, 4) is 5.75 Å². The van der Waals surface area contributed by atoms with Crippen LogP contribution in [0.1, 0.15) is 18.4 Å². The molecular weight excluding hydrogens is 428 g/mol. The highest BCUT2D eigenvalue weighted by atomic mass is 79.9. The van der Waals surface area contributed by atoms with E-state index in [0.29, 0.717) is 27.8 Å². The first-order chi connectivity index (χ1) is 13.4. The molecule has 0 radical (unpaired) electrons. The first kappa shape index (κ1) is 21.2. The first-order valence-electron chi connectivity index (χ1n) is 8.51. The molecule has 0 aromatic heterocycles. The third-order valence-corrected chi connectivity index (χ3v) is 4.50. The molecule has 0 fully saturated rings. The second-order valence-electron chi connectivity index (χ2n) is 6.00. The molecule has 0 unspecified atom stereocenters. The van der Waals surface area contributed by atoms with Gasteiger partial charge in [-0.3, -0.25) is 9.59 Å². The molecule has 2 amide bonds.